The minimum absolute atomic E-state index is 0.121. The zero-order valence-electron chi connectivity index (χ0n) is 12.4. The quantitative estimate of drug-likeness (QED) is 0.705. The van der Waals surface area contributed by atoms with Crippen molar-refractivity contribution in [1.82, 2.24) is 15.5 Å². The summed E-state index contributed by atoms with van der Waals surface area (Å²) >= 11 is 0. The summed E-state index contributed by atoms with van der Waals surface area (Å²) in [5.74, 6) is -1.48. The lowest BCUT2D eigenvalue weighted by atomic mass is 9.89. The third kappa shape index (κ3) is 3.86. The first kappa shape index (κ1) is 15.6. The van der Waals surface area contributed by atoms with Crippen LogP contribution in [0.15, 0.2) is 0 Å². The van der Waals surface area contributed by atoms with Crippen molar-refractivity contribution in [3.63, 3.8) is 0 Å². The molecule has 2 fully saturated rings. The minimum atomic E-state index is -1.09. The largest absolute Gasteiger partial charge is 0.481 e. The third-order valence-corrected chi connectivity index (χ3v) is 4.44. The monoisotopic (exact) mass is 297 g/mol. The molecule has 0 bridgehead atoms. The second kappa shape index (κ2) is 6.32. The Hall–Kier alpha value is -1.79. The first-order valence-corrected chi connectivity index (χ1v) is 7.45. The third-order valence-electron chi connectivity index (χ3n) is 4.44. The molecule has 0 aromatic rings. The molecule has 2 rings (SSSR count). The maximum atomic E-state index is 12.3. The van der Waals surface area contributed by atoms with Gasteiger partial charge in [-0.3, -0.25) is 9.59 Å². The number of carbonyl (C=O) groups is 3. The second-order valence-electron chi connectivity index (χ2n) is 6.27. The lowest BCUT2D eigenvalue weighted by Crippen LogP contribution is -2.60. The molecule has 1 heterocycles. The molecule has 1 aliphatic carbocycles. The summed E-state index contributed by atoms with van der Waals surface area (Å²) < 4.78 is 0. The molecule has 118 valence electrons. The molecule has 1 aliphatic heterocycles. The van der Waals surface area contributed by atoms with Gasteiger partial charge < -0.3 is 20.6 Å². The Morgan fingerprint density at radius 3 is 2.71 bits per heavy atom. The zero-order valence-corrected chi connectivity index (χ0v) is 12.4. The van der Waals surface area contributed by atoms with E-state index in [1.807, 2.05) is 0 Å². The summed E-state index contributed by atoms with van der Waals surface area (Å²) in [5, 5.41) is 14.4. The van der Waals surface area contributed by atoms with Crippen LogP contribution in [-0.4, -0.2) is 53.6 Å². The lowest BCUT2D eigenvalue weighted by molar-refractivity contribution is -0.142. The average molecular weight is 297 g/mol. The molecule has 1 saturated carbocycles. The fraction of sp³-hybridized carbons (Fsp3) is 0.786. The number of amides is 3. The van der Waals surface area contributed by atoms with Gasteiger partial charge in [-0.1, -0.05) is 19.8 Å². The fourth-order valence-electron chi connectivity index (χ4n) is 3.12. The van der Waals surface area contributed by atoms with Gasteiger partial charge in [0.15, 0.2) is 0 Å². The molecule has 0 spiro atoms. The predicted molar refractivity (Wildman–Crippen MR) is 75.7 cm³/mol. The number of aliphatic carboxylic acids is 1. The number of carbonyl (C=O) groups excluding carboxylic acids is 2. The van der Waals surface area contributed by atoms with Crippen LogP contribution in [0.2, 0.25) is 0 Å². The highest BCUT2D eigenvalue weighted by molar-refractivity contribution is 5.91. The molecule has 1 unspecified atom stereocenters. The smallest absolute Gasteiger partial charge is 0.318 e. The molecule has 0 aromatic carbocycles. The van der Waals surface area contributed by atoms with Crippen LogP contribution in [0.1, 0.15) is 39.0 Å². The average Bonchev–Trinajstić information content (AvgIpc) is 2.85. The Morgan fingerprint density at radius 2 is 2.10 bits per heavy atom. The standard InChI is InChI=1S/C14H23N3O4/c1-14(4-2-3-5-14)9-16-13(21)17-7-6-15-12(20)10(17)8-11(18)19/h10H,2-9H2,1H3,(H,15,20)(H,16,21)(H,18,19). The summed E-state index contributed by atoms with van der Waals surface area (Å²) in [4.78, 5) is 36.2. The predicted octanol–water partition coefficient (Wildman–Crippen LogP) is 0.551. The molecule has 1 atom stereocenters. The van der Waals surface area contributed by atoms with Gasteiger partial charge in [0.05, 0.1) is 6.42 Å². The Balaban J connectivity index is 1.95. The van der Waals surface area contributed by atoms with E-state index in [9.17, 15) is 14.4 Å². The van der Waals surface area contributed by atoms with Crippen molar-refractivity contribution < 1.29 is 19.5 Å². The highest BCUT2D eigenvalue weighted by Crippen LogP contribution is 2.36. The van der Waals surface area contributed by atoms with Crippen molar-refractivity contribution in [2.24, 2.45) is 5.41 Å². The molecule has 2 aliphatic rings. The summed E-state index contributed by atoms with van der Waals surface area (Å²) in [6.45, 7) is 3.42. The number of carboxylic acids is 1. The van der Waals surface area contributed by atoms with E-state index in [2.05, 4.69) is 17.6 Å². The molecular formula is C14H23N3O4. The van der Waals surface area contributed by atoms with Crippen LogP contribution in [0.3, 0.4) is 0 Å². The molecule has 1 saturated heterocycles. The summed E-state index contributed by atoms with van der Waals surface area (Å²) in [6.07, 6.45) is 4.18. The molecule has 3 amide bonds. The van der Waals surface area contributed by atoms with Gasteiger partial charge in [-0.2, -0.15) is 0 Å². The number of hydrogen-bond donors (Lipinski definition) is 3. The highest BCUT2D eigenvalue weighted by Gasteiger charge is 2.36. The zero-order chi connectivity index (χ0) is 15.5. The number of nitrogens with zero attached hydrogens (tertiary/aromatic N) is 1. The summed E-state index contributed by atoms with van der Waals surface area (Å²) in [7, 11) is 0. The van der Waals surface area contributed by atoms with Crippen molar-refractivity contribution >= 4 is 17.9 Å². The van der Waals surface area contributed by atoms with Crippen LogP contribution in [0.4, 0.5) is 4.79 Å². The Bertz CT molecular complexity index is 432. The van der Waals surface area contributed by atoms with Gasteiger partial charge in [0.25, 0.3) is 0 Å². The Morgan fingerprint density at radius 1 is 1.43 bits per heavy atom. The summed E-state index contributed by atoms with van der Waals surface area (Å²) in [5.41, 5.74) is 0.121. The molecule has 0 aromatic heterocycles. The van der Waals surface area contributed by atoms with Gasteiger partial charge >= 0.3 is 12.0 Å². The SMILES string of the molecule is CC1(CNC(=O)N2CCNC(=O)C2CC(=O)O)CCCC1. The van der Waals surface area contributed by atoms with E-state index in [0.717, 1.165) is 12.8 Å². The number of rotatable bonds is 4. The van der Waals surface area contributed by atoms with Crippen molar-refractivity contribution in [2.45, 2.75) is 45.1 Å². The lowest BCUT2D eigenvalue weighted by Gasteiger charge is -2.35. The number of carboxylic acid groups (broad SMARTS) is 1. The van der Waals surface area contributed by atoms with Crippen LogP contribution >= 0.6 is 0 Å². The fourth-order valence-corrected chi connectivity index (χ4v) is 3.12. The highest BCUT2D eigenvalue weighted by atomic mass is 16.4. The van der Waals surface area contributed by atoms with Crippen LogP contribution < -0.4 is 10.6 Å². The van der Waals surface area contributed by atoms with E-state index in [-0.39, 0.29) is 17.9 Å². The van der Waals surface area contributed by atoms with Crippen LogP contribution in [0.5, 0.6) is 0 Å². The number of nitrogens with one attached hydrogen (secondary N) is 2. The van der Waals surface area contributed by atoms with E-state index in [0.29, 0.717) is 19.6 Å². The number of urea groups is 1. The molecular weight excluding hydrogens is 274 g/mol. The second-order valence-corrected chi connectivity index (χ2v) is 6.27. The molecule has 7 heteroatoms. The van der Waals surface area contributed by atoms with Crippen molar-refractivity contribution in [2.75, 3.05) is 19.6 Å². The topological polar surface area (TPSA) is 98.7 Å². The number of piperazine rings is 1. The van der Waals surface area contributed by atoms with Crippen LogP contribution in [0.25, 0.3) is 0 Å². The first-order valence-electron chi connectivity index (χ1n) is 7.45. The maximum absolute atomic E-state index is 12.3. The van der Waals surface area contributed by atoms with E-state index in [1.54, 1.807) is 0 Å². The van der Waals surface area contributed by atoms with Gasteiger partial charge in [0.2, 0.25) is 5.91 Å². The number of hydrogen-bond acceptors (Lipinski definition) is 3. The van der Waals surface area contributed by atoms with Gasteiger partial charge in [-0.15, -0.1) is 0 Å². The van der Waals surface area contributed by atoms with E-state index in [1.165, 1.54) is 17.7 Å². The van der Waals surface area contributed by atoms with E-state index >= 15 is 0 Å². The van der Waals surface area contributed by atoms with Crippen LogP contribution in [0, 0.1) is 5.41 Å². The van der Waals surface area contributed by atoms with Gasteiger partial charge in [0.1, 0.15) is 6.04 Å². The van der Waals surface area contributed by atoms with Gasteiger partial charge in [-0.25, -0.2) is 4.79 Å². The molecule has 21 heavy (non-hydrogen) atoms. The van der Waals surface area contributed by atoms with Crippen molar-refractivity contribution in [3.05, 3.63) is 0 Å². The van der Waals surface area contributed by atoms with E-state index in [4.69, 9.17) is 5.11 Å². The van der Waals surface area contributed by atoms with Crippen molar-refractivity contribution in [3.8, 4) is 0 Å². The van der Waals surface area contributed by atoms with Crippen LogP contribution in [-0.2, 0) is 9.59 Å². The van der Waals surface area contributed by atoms with Gasteiger partial charge in [0, 0.05) is 19.6 Å². The van der Waals surface area contributed by atoms with E-state index < -0.39 is 17.9 Å². The Kier molecular flexibility index (Phi) is 4.69. The van der Waals surface area contributed by atoms with Gasteiger partial charge in [-0.05, 0) is 18.3 Å². The summed E-state index contributed by atoms with van der Waals surface area (Å²) in [6, 6.07) is -1.27. The first-order chi connectivity index (χ1) is 9.91. The normalized spacial score (nSPS) is 24.5. The van der Waals surface area contributed by atoms with Crippen molar-refractivity contribution in [1.29, 1.82) is 0 Å². The Labute approximate surface area is 124 Å². The minimum Gasteiger partial charge on any atom is -0.481 e. The molecule has 0 radical (unpaired) electrons. The molecule has 3 N–H and O–H groups in total. The molecule has 7 nitrogen and oxygen atoms in total. The maximum Gasteiger partial charge on any atom is 0.318 e.